The predicted octanol–water partition coefficient (Wildman–Crippen LogP) is 2.56. The van der Waals surface area contributed by atoms with Crippen LogP contribution in [0.15, 0.2) is 36.7 Å². The van der Waals surface area contributed by atoms with Gasteiger partial charge in [-0.25, -0.2) is 4.79 Å². The number of anilines is 2. The molecule has 3 N–H and O–H groups in total. The SMILES string of the molecule is O=C(Nc1cn[nH]c1)[C@H]1CCN(C(=O)Nc2ccc(Cl)cc2)C1. The van der Waals surface area contributed by atoms with Gasteiger partial charge in [0, 0.05) is 30.0 Å². The van der Waals surface area contributed by atoms with E-state index >= 15 is 0 Å². The van der Waals surface area contributed by atoms with E-state index in [1.807, 2.05) is 0 Å². The van der Waals surface area contributed by atoms with Gasteiger partial charge in [-0.3, -0.25) is 9.89 Å². The van der Waals surface area contributed by atoms with E-state index in [0.29, 0.717) is 35.9 Å². The van der Waals surface area contributed by atoms with E-state index in [0.717, 1.165) is 0 Å². The zero-order valence-corrected chi connectivity index (χ0v) is 13.0. The van der Waals surface area contributed by atoms with Gasteiger partial charge in [0.1, 0.15) is 0 Å². The van der Waals surface area contributed by atoms with Gasteiger partial charge in [-0.2, -0.15) is 5.10 Å². The maximum Gasteiger partial charge on any atom is 0.321 e. The number of hydrogen-bond donors (Lipinski definition) is 3. The number of urea groups is 1. The van der Waals surface area contributed by atoms with Gasteiger partial charge in [0.15, 0.2) is 0 Å². The van der Waals surface area contributed by atoms with Gasteiger partial charge in [0.25, 0.3) is 0 Å². The summed E-state index contributed by atoms with van der Waals surface area (Å²) in [6, 6.07) is 6.68. The van der Waals surface area contributed by atoms with Crippen LogP contribution in [0, 0.1) is 5.92 Å². The van der Waals surface area contributed by atoms with Gasteiger partial charge in [-0.05, 0) is 30.7 Å². The molecule has 8 heteroatoms. The largest absolute Gasteiger partial charge is 0.324 e. The lowest BCUT2D eigenvalue weighted by Gasteiger charge is -2.17. The van der Waals surface area contributed by atoms with Crippen LogP contribution in [-0.4, -0.2) is 40.1 Å². The Morgan fingerprint density at radius 1 is 1.22 bits per heavy atom. The smallest absolute Gasteiger partial charge is 0.321 e. The van der Waals surface area contributed by atoms with Crippen molar-refractivity contribution in [2.45, 2.75) is 6.42 Å². The molecule has 7 nitrogen and oxygen atoms in total. The number of nitrogens with zero attached hydrogens (tertiary/aromatic N) is 2. The molecule has 120 valence electrons. The molecule has 0 saturated carbocycles. The summed E-state index contributed by atoms with van der Waals surface area (Å²) in [6.45, 7) is 0.937. The third kappa shape index (κ3) is 3.81. The van der Waals surface area contributed by atoms with Crippen LogP contribution in [0.5, 0.6) is 0 Å². The highest BCUT2D eigenvalue weighted by atomic mass is 35.5. The van der Waals surface area contributed by atoms with Crippen molar-refractivity contribution in [1.82, 2.24) is 15.1 Å². The van der Waals surface area contributed by atoms with Gasteiger partial charge < -0.3 is 15.5 Å². The quantitative estimate of drug-likeness (QED) is 0.806. The summed E-state index contributed by atoms with van der Waals surface area (Å²) in [7, 11) is 0. The third-order valence-corrected chi connectivity index (χ3v) is 3.96. The highest BCUT2D eigenvalue weighted by molar-refractivity contribution is 6.30. The van der Waals surface area contributed by atoms with Gasteiger partial charge in [0.2, 0.25) is 5.91 Å². The van der Waals surface area contributed by atoms with Crippen LogP contribution in [0.3, 0.4) is 0 Å². The summed E-state index contributed by atoms with van der Waals surface area (Å²) in [5, 5.41) is 12.6. The lowest BCUT2D eigenvalue weighted by atomic mass is 10.1. The molecule has 2 aromatic rings. The number of aromatic amines is 1. The first-order valence-corrected chi connectivity index (χ1v) is 7.61. The topological polar surface area (TPSA) is 90.1 Å². The van der Waals surface area contributed by atoms with Gasteiger partial charge >= 0.3 is 6.03 Å². The van der Waals surface area contributed by atoms with Crippen molar-refractivity contribution in [1.29, 1.82) is 0 Å². The minimum atomic E-state index is -0.221. The van der Waals surface area contributed by atoms with Crippen molar-refractivity contribution in [2.75, 3.05) is 23.7 Å². The second-order valence-corrected chi connectivity index (χ2v) is 5.78. The summed E-state index contributed by atoms with van der Waals surface area (Å²) < 4.78 is 0. The Kier molecular flexibility index (Phi) is 4.47. The van der Waals surface area contributed by atoms with Crippen LogP contribution in [-0.2, 0) is 4.79 Å². The monoisotopic (exact) mass is 333 g/mol. The molecule has 1 atom stereocenters. The van der Waals surface area contributed by atoms with Crippen molar-refractivity contribution in [3.63, 3.8) is 0 Å². The molecule has 0 bridgehead atoms. The maximum atomic E-state index is 12.2. The average Bonchev–Trinajstić information content (AvgIpc) is 3.20. The van der Waals surface area contributed by atoms with Gasteiger partial charge in [0.05, 0.1) is 17.8 Å². The first-order chi connectivity index (χ1) is 11.1. The van der Waals surface area contributed by atoms with Crippen LogP contribution in [0.4, 0.5) is 16.2 Å². The molecule has 2 heterocycles. The summed E-state index contributed by atoms with van der Waals surface area (Å²) in [5.74, 6) is -0.325. The number of hydrogen-bond acceptors (Lipinski definition) is 3. The predicted molar refractivity (Wildman–Crippen MR) is 87.4 cm³/mol. The zero-order chi connectivity index (χ0) is 16.2. The van der Waals surface area contributed by atoms with E-state index in [-0.39, 0.29) is 17.9 Å². The van der Waals surface area contributed by atoms with Crippen LogP contribution in [0.1, 0.15) is 6.42 Å². The Bertz CT molecular complexity index is 686. The van der Waals surface area contributed by atoms with Crippen LogP contribution in [0.25, 0.3) is 0 Å². The van der Waals surface area contributed by atoms with Crippen molar-refractivity contribution < 1.29 is 9.59 Å². The highest BCUT2D eigenvalue weighted by Crippen LogP contribution is 2.20. The van der Waals surface area contributed by atoms with E-state index in [9.17, 15) is 9.59 Å². The third-order valence-electron chi connectivity index (χ3n) is 3.71. The molecule has 0 unspecified atom stereocenters. The number of carbonyl (C=O) groups is 2. The van der Waals surface area contributed by atoms with E-state index < -0.39 is 0 Å². The van der Waals surface area contributed by atoms with E-state index in [2.05, 4.69) is 20.8 Å². The molecule has 1 aliphatic heterocycles. The number of halogens is 1. The number of rotatable bonds is 3. The molecule has 1 aliphatic rings. The standard InChI is InChI=1S/C15H16ClN5O2/c16-11-1-3-12(4-2-11)20-15(23)21-6-5-10(9-21)14(22)19-13-7-17-18-8-13/h1-4,7-8,10H,5-6,9H2,(H,17,18)(H,19,22)(H,20,23)/t10-/m0/s1. The Morgan fingerprint density at radius 2 is 2.00 bits per heavy atom. The number of benzene rings is 1. The lowest BCUT2D eigenvalue weighted by molar-refractivity contribution is -0.119. The Morgan fingerprint density at radius 3 is 2.70 bits per heavy atom. The van der Waals surface area contributed by atoms with E-state index in [1.54, 1.807) is 35.4 Å². The number of likely N-dealkylation sites (tertiary alicyclic amines) is 1. The maximum absolute atomic E-state index is 12.2. The minimum absolute atomic E-state index is 0.104. The van der Waals surface area contributed by atoms with E-state index in [1.165, 1.54) is 6.20 Å². The fourth-order valence-corrected chi connectivity index (χ4v) is 2.58. The highest BCUT2D eigenvalue weighted by Gasteiger charge is 2.31. The normalized spacial score (nSPS) is 17.1. The average molecular weight is 334 g/mol. The molecule has 1 fully saturated rings. The number of nitrogens with one attached hydrogen (secondary N) is 3. The summed E-state index contributed by atoms with van der Waals surface area (Å²) in [5.41, 5.74) is 1.30. The molecule has 3 amide bonds. The fourth-order valence-electron chi connectivity index (χ4n) is 2.46. The van der Waals surface area contributed by atoms with Crippen molar-refractivity contribution in [3.05, 3.63) is 41.7 Å². The molecule has 0 aliphatic carbocycles. The Hall–Kier alpha value is -2.54. The molecule has 23 heavy (non-hydrogen) atoms. The minimum Gasteiger partial charge on any atom is -0.324 e. The molecule has 0 radical (unpaired) electrons. The molecule has 0 spiro atoms. The van der Waals surface area contributed by atoms with Crippen molar-refractivity contribution in [2.24, 2.45) is 5.92 Å². The van der Waals surface area contributed by atoms with E-state index in [4.69, 9.17) is 11.6 Å². The second kappa shape index (κ2) is 6.70. The van der Waals surface area contributed by atoms with Crippen molar-refractivity contribution >= 4 is 34.9 Å². The molecule has 1 saturated heterocycles. The molecule has 1 aromatic carbocycles. The summed E-state index contributed by atoms with van der Waals surface area (Å²) in [6.07, 6.45) is 3.79. The van der Waals surface area contributed by atoms with Gasteiger partial charge in [-0.15, -0.1) is 0 Å². The summed E-state index contributed by atoms with van der Waals surface area (Å²) in [4.78, 5) is 26.0. The first-order valence-electron chi connectivity index (χ1n) is 7.23. The number of H-pyrrole nitrogens is 1. The number of carbonyl (C=O) groups excluding carboxylic acids is 2. The Balaban J connectivity index is 1.53. The second-order valence-electron chi connectivity index (χ2n) is 5.34. The lowest BCUT2D eigenvalue weighted by Crippen LogP contribution is -2.34. The van der Waals surface area contributed by atoms with Crippen LogP contribution >= 0.6 is 11.6 Å². The number of amides is 3. The van der Waals surface area contributed by atoms with Crippen LogP contribution in [0.2, 0.25) is 5.02 Å². The molecular formula is C15H16ClN5O2. The molecule has 1 aromatic heterocycles. The van der Waals surface area contributed by atoms with Crippen LogP contribution < -0.4 is 10.6 Å². The Labute approximate surface area is 138 Å². The van der Waals surface area contributed by atoms with Crippen molar-refractivity contribution in [3.8, 4) is 0 Å². The molecule has 3 rings (SSSR count). The first kappa shape index (κ1) is 15.4. The zero-order valence-electron chi connectivity index (χ0n) is 12.3. The molecular weight excluding hydrogens is 318 g/mol. The number of aromatic nitrogens is 2. The summed E-state index contributed by atoms with van der Waals surface area (Å²) >= 11 is 5.81. The fraction of sp³-hybridized carbons (Fsp3) is 0.267. The van der Waals surface area contributed by atoms with Gasteiger partial charge in [-0.1, -0.05) is 11.6 Å².